The molecule has 0 saturated carbocycles. The van der Waals surface area contributed by atoms with Crippen LogP contribution in [0.5, 0.6) is 0 Å². The third kappa shape index (κ3) is 3.85. The largest absolute Gasteiger partial charge is 0.288 e. The van der Waals surface area contributed by atoms with Crippen LogP contribution in [0.3, 0.4) is 0 Å². The van der Waals surface area contributed by atoms with E-state index in [0.717, 1.165) is 17.7 Å². The average molecular weight is 213 g/mol. The van der Waals surface area contributed by atoms with Gasteiger partial charge in [0.2, 0.25) is 0 Å². The van der Waals surface area contributed by atoms with Gasteiger partial charge in [-0.15, -0.1) is 0 Å². The number of nitrogens with zero attached hydrogens (tertiary/aromatic N) is 1. The summed E-state index contributed by atoms with van der Waals surface area (Å²) >= 11 is 0. The molecule has 0 bridgehead atoms. The standard InChI is InChI=1S/C15H19N/c1-12(2)15(13(3)4)11-16-10-14-8-6-5-7-9-14/h5-9,11H,1,10H2,2-4H3. The Morgan fingerprint density at radius 3 is 2.31 bits per heavy atom. The highest BCUT2D eigenvalue weighted by Gasteiger charge is 1.96. The highest BCUT2D eigenvalue weighted by molar-refractivity contribution is 5.85. The van der Waals surface area contributed by atoms with Gasteiger partial charge in [0.1, 0.15) is 0 Å². The summed E-state index contributed by atoms with van der Waals surface area (Å²) in [6.45, 7) is 10.9. The van der Waals surface area contributed by atoms with Crippen molar-refractivity contribution in [3.05, 3.63) is 59.2 Å². The van der Waals surface area contributed by atoms with E-state index in [0.29, 0.717) is 0 Å². The van der Waals surface area contributed by atoms with Gasteiger partial charge in [0.05, 0.1) is 6.54 Å². The van der Waals surface area contributed by atoms with Gasteiger partial charge >= 0.3 is 0 Å². The normalized spacial score (nSPS) is 10.4. The van der Waals surface area contributed by atoms with E-state index >= 15 is 0 Å². The lowest BCUT2D eigenvalue weighted by Gasteiger charge is -2.03. The molecular weight excluding hydrogens is 194 g/mol. The van der Waals surface area contributed by atoms with Gasteiger partial charge in [0.25, 0.3) is 0 Å². The zero-order chi connectivity index (χ0) is 12.0. The number of hydrogen-bond acceptors (Lipinski definition) is 1. The number of hydrogen-bond donors (Lipinski definition) is 0. The van der Waals surface area contributed by atoms with Gasteiger partial charge in [-0.3, -0.25) is 4.99 Å². The smallest absolute Gasteiger partial charge is 0.0639 e. The molecule has 0 aliphatic carbocycles. The van der Waals surface area contributed by atoms with Crippen molar-refractivity contribution < 1.29 is 0 Å². The van der Waals surface area contributed by atoms with Crippen LogP contribution in [0.4, 0.5) is 0 Å². The van der Waals surface area contributed by atoms with E-state index in [9.17, 15) is 0 Å². The lowest BCUT2D eigenvalue weighted by Crippen LogP contribution is -1.90. The third-order valence-corrected chi connectivity index (χ3v) is 2.34. The van der Waals surface area contributed by atoms with E-state index < -0.39 is 0 Å². The van der Waals surface area contributed by atoms with Crippen molar-refractivity contribution in [3.63, 3.8) is 0 Å². The molecule has 1 rings (SSSR count). The predicted molar refractivity (Wildman–Crippen MR) is 71.8 cm³/mol. The fraction of sp³-hybridized carbons (Fsp3) is 0.267. The minimum atomic E-state index is 0.727. The van der Waals surface area contributed by atoms with Crippen LogP contribution in [0, 0.1) is 0 Å². The molecule has 0 radical (unpaired) electrons. The van der Waals surface area contributed by atoms with E-state index in [1.165, 1.54) is 11.1 Å². The molecule has 1 nitrogen and oxygen atoms in total. The first-order valence-electron chi connectivity index (χ1n) is 5.48. The third-order valence-electron chi connectivity index (χ3n) is 2.34. The first-order valence-corrected chi connectivity index (χ1v) is 5.48. The Kier molecular flexibility index (Phi) is 4.71. The minimum absolute atomic E-state index is 0.727. The Labute approximate surface area is 98.2 Å². The summed E-state index contributed by atoms with van der Waals surface area (Å²) in [6.07, 6.45) is 1.92. The van der Waals surface area contributed by atoms with Gasteiger partial charge in [-0.05, 0) is 37.5 Å². The summed E-state index contributed by atoms with van der Waals surface area (Å²) in [5.41, 5.74) is 4.70. The van der Waals surface area contributed by atoms with Crippen molar-refractivity contribution in [2.45, 2.75) is 27.3 Å². The Balaban J connectivity index is 2.68. The Morgan fingerprint density at radius 2 is 1.81 bits per heavy atom. The van der Waals surface area contributed by atoms with Crippen molar-refractivity contribution in [1.29, 1.82) is 0 Å². The fourth-order valence-corrected chi connectivity index (χ4v) is 1.49. The van der Waals surface area contributed by atoms with E-state index in [-0.39, 0.29) is 0 Å². The van der Waals surface area contributed by atoms with Gasteiger partial charge in [0.15, 0.2) is 0 Å². The zero-order valence-corrected chi connectivity index (χ0v) is 10.3. The molecule has 0 aliphatic rings. The second-order valence-corrected chi connectivity index (χ2v) is 4.15. The summed E-state index contributed by atoms with van der Waals surface area (Å²) in [4.78, 5) is 4.44. The summed E-state index contributed by atoms with van der Waals surface area (Å²) in [6, 6.07) is 10.3. The second kappa shape index (κ2) is 6.06. The van der Waals surface area contributed by atoms with E-state index in [2.05, 4.69) is 37.6 Å². The van der Waals surface area contributed by atoms with Gasteiger partial charge in [0, 0.05) is 6.21 Å². The quantitative estimate of drug-likeness (QED) is 0.526. The topological polar surface area (TPSA) is 12.4 Å². The van der Waals surface area contributed by atoms with Crippen LogP contribution in [-0.2, 0) is 6.54 Å². The Bertz CT molecular complexity index is 406. The van der Waals surface area contributed by atoms with E-state index in [1.54, 1.807) is 0 Å². The highest BCUT2D eigenvalue weighted by Crippen LogP contribution is 2.10. The van der Waals surface area contributed by atoms with Crippen molar-refractivity contribution in [2.75, 3.05) is 0 Å². The van der Waals surface area contributed by atoms with Crippen LogP contribution in [0.2, 0.25) is 0 Å². The first-order chi connectivity index (χ1) is 7.61. The van der Waals surface area contributed by atoms with Crippen LogP contribution in [0.1, 0.15) is 26.3 Å². The maximum absolute atomic E-state index is 4.44. The van der Waals surface area contributed by atoms with Crippen molar-refractivity contribution in [1.82, 2.24) is 0 Å². The molecule has 1 aromatic carbocycles. The lowest BCUT2D eigenvalue weighted by atomic mass is 10.1. The van der Waals surface area contributed by atoms with Crippen LogP contribution >= 0.6 is 0 Å². The van der Waals surface area contributed by atoms with E-state index in [1.807, 2.05) is 31.3 Å². The number of benzene rings is 1. The first kappa shape index (κ1) is 12.4. The summed E-state index contributed by atoms with van der Waals surface area (Å²) in [5, 5.41) is 0. The average Bonchev–Trinajstić information content (AvgIpc) is 2.24. The van der Waals surface area contributed by atoms with Crippen molar-refractivity contribution in [3.8, 4) is 0 Å². The summed E-state index contributed by atoms with van der Waals surface area (Å²) in [7, 11) is 0. The number of allylic oxidation sites excluding steroid dienone is 3. The highest BCUT2D eigenvalue weighted by atomic mass is 14.7. The molecule has 0 spiro atoms. The lowest BCUT2D eigenvalue weighted by molar-refractivity contribution is 1.07. The van der Waals surface area contributed by atoms with Crippen LogP contribution < -0.4 is 0 Å². The Morgan fingerprint density at radius 1 is 1.19 bits per heavy atom. The molecule has 0 N–H and O–H groups in total. The summed E-state index contributed by atoms with van der Waals surface area (Å²) in [5.74, 6) is 0. The van der Waals surface area contributed by atoms with Crippen molar-refractivity contribution in [2.24, 2.45) is 4.99 Å². The van der Waals surface area contributed by atoms with Crippen LogP contribution in [0.25, 0.3) is 0 Å². The monoisotopic (exact) mass is 213 g/mol. The maximum Gasteiger partial charge on any atom is 0.0639 e. The molecule has 1 heteroatoms. The molecule has 16 heavy (non-hydrogen) atoms. The molecule has 84 valence electrons. The molecule has 0 atom stereocenters. The maximum atomic E-state index is 4.44. The molecule has 0 fully saturated rings. The molecule has 0 aliphatic heterocycles. The summed E-state index contributed by atoms with van der Waals surface area (Å²) < 4.78 is 0. The van der Waals surface area contributed by atoms with Gasteiger partial charge in [-0.1, -0.05) is 42.5 Å². The zero-order valence-electron chi connectivity index (χ0n) is 10.3. The molecule has 0 unspecified atom stereocenters. The van der Waals surface area contributed by atoms with Gasteiger partial charge < -0.3 is 0 Å². The number of aliphatic imine (C=N–C) groups is 1. The molecule has 1 aromatic rings. The SMILES string of the molecule is C=C(C)C(C=NCc1ccccc1)=C(C)C. The van der Waals surface area contributed by atoms with Crippen molar-refractivity contribution >= 4 is 6.21 Å². The molecule has 0 aromatic heterocycles. The number of rotatable bonds is 4. The van der Waals surface area contributed by atoms with Gasteiger partial charge in [-0.25, -0.2) is 0 Å². The molecule has 0 heterocycles. The molecular formula is C15H19N. The van der Waals surface area contributed by atoms with Crippen LogP contribution in [0.15, 0.2) is 58.6 Å². The minimum Gasteiger partial charge on any atom is -0.288 e. The molecule has 0 amide bonds. The molecule has 0 saturated heterocycles. The van der Waals surface area contributed by atoms with Gasteiger partial charge in [-0.2, -0.15) is 0 Å². The Hall–Kier alpha value is -1.63. The predicted octanol–water partition coefficient (Wildman–Crippen LogP) is 4.17. The van der Waals surface area contributed by atoms with E-state index in [4.69, 9.17) is 0 Å². The fourth-order valence-electron chi connectivity index (χ4n) is 1.49. The van der Waals surface area contributed by atoms with Crippen LogP contribution in [-0.4, -0.2) is 6.21 Å². The second-order valence-electron chi connectivity index (χ2n) is 4.15.